The summed E-state index contributed by atoms with van der Waals surface area (Å²) < 4.78 is 1.93. The normalized spacial score (nSPS) is 26.0. The molecule has 2 aliphatic rings. The molecular weight excluding hydrogens is 308 g/mol. The number of hydrogen-bond donors (Lipinski definition) is 2. The number of likely N-dealkylation sites (tertiary alicyclic amines) is 1. The van der Waals surface area contributed by atoms with E-state index in [1.807, 2.05) is 35.7 Å². The summed E-state index contributed by atoms with van der Waals surface area (Å²) in [4.78, 5) is 30.7. The number of aryl methyl sites for hydroxylation is 1. The van der Waals surface area contributed by atoms with Crippen LogP contribution in [0.3, 0.4) is 0 Å². The van der Waals surface area contributed by atoms with Gasteiger partial charge in [0.1, 0.15) is 11.1 Å². The summed E-state index contributed by atoms with van der Waals surface area (Å²) in [6.45, 7) is 3.79. The van der Waals surface area contributed by atoms with E-state index >= 15 is 0 Å². The van der Waals surface area contributed by atoms with Gasteiger partial charge in [-0.15, -0.1) is 0 Å². The maximum Gasteiger partial charge on any atom is 0.313 e. The van der Waals surface area contributed by atoms with Crippen molar-refractivity contribution < 1.29 is 14.7 Å². The summed E-state index contributed by atoms with van der Waals surface area (Å²) in [5.74, 6) is -0.847. The van der Waals surface area contributed by atoms with Crippen LogP contribution in [0.4, 0.5) is 0 Å². The Morgan fingerprint density at radius 1 is 1.46 bits per heavy atom. The number of amides is 1. The van der Waals surface area contributed by atoms with Crippen molar-refractivity contribution >= 4 is 17.5 Å². The molecule has 2 aliphatic heterocycles. The number of carbonyl (C=O) groups is 2. The fraction of sp³-hybridized carbons (Fsp3) is 0.471. The van der Waals surface area contributed by atoms with Gasteiger partial charge in [0, 0.05) is 38.3 Å². The Kier molecular flexibility index (Phi) is 3.35. The lowest BCUT2D eigenvalue weighted by atomic mass is 9.81. The van der Waals surface area contributed by atoms with E-state index < -0.39 is 11.4 Å². The van der Waals surface area contributed by atoms with Gasteiger partial charge in [-0.2, -0.15) is 0 Å². The third-order valence-electron chi connectivity index (χ3n) is 5.45. The SMILES string of the molecule is Cc1nc2ccccn2c1CC(=O)N1C[C@H]2CNC[C@@]2(C(=O)O)C1. The molecule has 0 saturated carbocycles. The number of carboxylic acids is 1. The van der Waals surface area contributed by atoms with Crippen molar-refractivity contribution in [2.24, 2.45) is 11.3 Å². The fourth-order valence-corrected chi connectivity index (χ4v) is 4.04. The van der Waals surface area contributed by atoms with Gasteiger partial charge in [0.15, 0.2) is 0 Å². The Hall–Kier alpha value is -2.41. The van der Waals surface area contributed by atoms with Gasteiger partial charge >= 0.3 is 5.97 Å². The smallest absolute Gasteiger partial charge is 0.313 e. The number of hydrogen-bond acceptors (Lipinski definition) is 4. The minimum absolute atomic E-state index is 0.0118. The number of rotatable bonds is 3. The van der Waals surface area contributed by atoms with Crippen LogP contribution in [0.2, 0.25) is 0 Å². The highest BCUT2D eigenvalue weighted by molar-refractivity contribution is 5.83. The minimum Gasteiger partial charge on any atom is -0.481 e. The molecule has 0 unspecified atom stereocenters. The molecule has 1 amide bonds. The molecule has 126 valence electrons. The van der Waals surface area contributed by atoms with Crippen LogP contribution in [-0.2, 0) is 16.0 Å². The topological polar surface area (TPSA) is 86.9 Å². The summed E-state index contributed by atoms with van der Waals surface area (Å²) in [7, 11) is 0. The number of carboxylic acid groups (broad SMARTS) is 1. The zero-order chi connectivity index (χ0) is 16.9. The molecule has 2 fully saturated rings. The number of imidazole rings is 1. The van der Waals surface area contributed by atoms with Crippen molar-refractivity contribution in [2.75, 3.05) is 26.2 Å². The van der Waals surface area contributed by atoms with E-state index in [1.165, 1.54) is 0 Å². The zero-order valence-electron chi connectivity index (χ0n) is 13.5. The Labute approximate surface area is 139 Å². The lowest BCUT2D eigenvalue weighted by Crippen LogP contribution is -2.41. The molecule has 0 aliphatic carbocycles. The van der Waals surface area contributed by atoms with E-state index in [0.717, 1.165) is 17.0 Å². The molecule has 2 aromatic rings. The van der Waals surface area contributed by atoms with Gasteiger partial charge in [-0.1, -0.05) is 6.07 Å². The van der Waals surface area contributed by atoms with Crippen LogP contribution in [0, 0.1) is 18.3 Å². The highest BCUT2D eigenvalue weighted by atomic mass is 16.4. The standard InChI is InChI=1S/C17H20N4O3/c1-11-13(21-5-3-2-4-14(21)19-11)6-15(22)20-8-12-7-18-9-17(12,10-20)16(23)24/h2-5,12,18H,6-10H2,1H3,(H,23,24)/t12-,17-/m1/s1. The third-order valence-corrected chi connectivity index (χ3v) is 5.45. The molecular formula is C17H20N4O3. The van der Waals surface area contributed by atoms with Gasteiger partial charge < -0.3 is 19.7 Å². The van der Waals surface area contributed by atoms with Gasteiger partial charge in [0.2, 0.25) is 5.91 Å². The predicted molar refractivity (Wildman–Crippen MR) is 86.6 cm³/mol. The molecule has 4 rings (SSSR count). The maximum atomic E-state index is 12.8. The molecule has 2 atom stereocenters. The van der Waals surface area contributed by atoms with Gasteiger partial charge in [-0.25, -0.2) is 4.98 Å². The third kappa shape index (κ3) is 2.11. The van der Waals surface area contributed by atoms with E-state index in [1.54, 1.807) is 4.90 Å². The van der Waals surface area contributed by atoms with E-state index in [0.29, 0.717) is 19.6 Å². The number of pyridine rings is 1. The highest BCUT2D eigenvalue weighted by Crippen LogP contribution is 2.39. The van der Waals surface area contributed by atoms with Crippen molar-refractivity contribution in [2.45, 2.75) is 13.3 Å². The first-order valence-electron chi connectivity index (χ1n) is 8.16. The van der Waals surface area contributed by atoms with Crippen LogP contribution in [0.5, 0.6) is 0 Å². The van der Waals surface area contributed by atoms with Gasteiger partial charge in [0.05, 0.1) is 17.8 Å². The second-order valence-electron chi connectivity index (χ2n) is 6.81. The quantitative estimate of drug-likeness (QED) is 0.847. The first-order chi connectivity index (χ1) is 11.5. The van der Waals surface area contributed by atoms with Crippen LogP contribution >= 0.6 is 0 Å². The maximum absolute atomic E-state index is 12.8. The zero-order valence-corrected chi connectivity index (χ0v) is 13.5. The molecule has 4 heterocycles. The van der Waals surface area contributed by atoms with Gasteiger partial charge in [-0.3, -0.25) is 9.59 Å². The van der Waals surface area contributed by atoms with E-state index in [9.17, 15) is 14.7 Å². The lowest BCUT2D eigenvalue weighted by Gasteiger charge is -2.22. The van der Waals surface area contributed by atoms with E-state index in [2.05, 4.69) is 10.3 Å². The second-order valence-corrected chi connectivity index (χ2v) is 6.81. The molecule has 2 saturated heterocycles. The van der Waals surface area contributed by atoms with Crippen LogP contribution in [0.25, 0.3) is 5.65 Å². The van der Waals surface area contributed by atoms with Crippen molar-refractivity contribution in [1.82, 2.24) is 19.6 Å². The first kappa shape index (κ1) is 15.1. The summed E-state index contributed by atoms with van der Waals surface area (Å²) in [6.07, 6.45) is 2.15. The summed E-state index contributed by atoms with van der Waals surface area (Å²) >= 11 is 0. The minimum atomic E-state index is -0.829. The molecule has 0 aromatic carbocycles. The number of aliphatic carboxylic acids is 1. The van der Waals surface area contributed by atoms with Crippen molar-refractivity contribution in [1.29, 1.82) is 0 Å². The number of aromatic nitrogens is 2. The Balaban J connectivity index is 1.57. The Bertz CT molecular complexity index is 830. The van der Waals surface area contributed by atoms with Crippen LogP contribution < -0.4 is 5.32 Å². The first-order valence-corrected chi connectivity index (χ1v) is 8.16. The van der Waals surface area contributed by atoms with E-state index in [-0.39, 0.29) is 24.8 Å². The largest absolute Gasteiger partial charge is 0.481 e. The Morgan fingerprint density at radius 3 is 3.04 bits per heavy atom. The van der Waals surface area contributed by atoms with Crippen LogP contribution in [0.15, 0.2) is 24.4 Å². The molecule has 7 nitrogen and oxygen atoms in total. The monoisotopic (exact) mass is 328 g/mol. The number of nitrogens with one attached hydrogen (secondary N) is 1. The van der Waals surface area contributed by atoms with Gasteiger partial charge in [0.25, 0.3) is 0 Å². The number of carbonyl (C=O) groups excluding carboxylic acids is 1. The second kappa shape index (κ2) is 5.31. The van der Waals surface area contributed by atoms with Crippen LogP contribution in [0.1, 0.15) is 11.4 Å². The van der Waals surface area contributed by atoms with Crippen molar-refractivity contribution in [3.05, 3.63) is 35.8 Å². The average molecular weight is 328 g/mol. The van der Waals surface area contributed by atoms with Crippen molar-refractivity contribution in [3.8, 4) is 0 Å². The molecule has 0 radical (unpaired) electrons. The summed E-state index contributed by atoms with van der Waals surface area (Å²) in [5, 5.41) is 12.8. The lowest BCUT2D eigenvalue weighted by molar-refractivity contribution is -0.148. The summed E-state index contributed by atoms with van der Waals surface area (Å²) in [6, 6.07) is 5.73. The molecule has 0 bridgehead atoms. The molecule has 0 spiro atoms. The molecule has 2 aromatic heterocycles. The molecule has 2 N–H and O–H groups in total. The van der Waals surface area contributed by atoms with Crippen LogP contribution in [-0.4, -0.2) is 57.4 Å². The Morgan fingerprint density at radius 2 is 2.29 bits per heavy atom. The predicted octanol–water partition coefficient (Wildman–Crippen LogP) is 0.318. The summed E-state index contributed by atoms with van der Waals surface area (Å²) in [5.41, 5.74) is 1.70. The number of nitrogens with zero attached hydrogens (tertiary/aromatic N) is 3. The fourth-order valence-electron chi connectivity index (χ4n) is 4.04. The average Bonchev–Trinajstić information content (AvgIpc) is 3.19. The van der Waals surface area contributed by atoms with E-state index in [4.69, 9.17) is 0 Å². The molecule has 7 heteroatoms. The highest BCUT2D eigenvalue weighted by Gasteiger charge is 2.56. The van der Waals surface area contributed by atoms with Crippen molar-refractivity contribution in [3.63, 3.8) is 0 Å². The molecule has 24 heavy (non-hydrogen) atoms. The van der Waals surface area contributed by atoms with Gasteiger partial charge in [-0.05, 0) is 19.1 Å². The number of fused-ring (bicyclic) bond motifs is 2.